The molecule has 1 amide bonds. The molecule has 5 heteroatoms. The maximum Gasteiger partial charge on any atom is 0.416 e. The van der Waals surface area contributed by atoms with E-state index >= 15 is 0 Å². The first-order valence-corrected chi connectivity index (χ1v) is 6.72. The maximum absolute atomic E-state index is 12.0. The van der Waals surface area contributed by atoms with Gasteiger partial charge in [-0.3, -0.25) is 4.90 Å². The van der Waals surface area contributed by atoms with E-state index in [1.54, 1.807) is 11.1 Å². The van der Waals surface area contributed by atoms with E-state index in [0.29, 0.717) is 11.7 Å². The minimum Gasteiger partial charge on any atom is -0.443 e. The number of amides is 1. The van der Waals surface area contributed by atoms with Crippen LogP contribution in [-0.4, -0.2) is 23.2 Å². The average Bonchev–Trinajstić information content (AvgIpc) is 2.68. The second-order valence-corrected chi connectivity index (χ2v) is 5.67. The number of aromatic nitrogens is 1. The number of hydrogen-bond donors (Lipinski definition) is 0. The summed E-state index contributed by atoms with van der Waals surface area (Å²) in [6.45, 7) is 8.34. The van der Waals surface area contributed by atoms with Gasteiger partial charge >= 0.3 is 6.09 Å². The van der Waals surface area contributed by atoms with Crippen LogP contribution in [0.4, 0.5) is 9.93 Å². The predicted molar refractivity (Wildman–Crippen MR) is 70.6 cm³/mol. The van der Waals surface area contributed by atoms with Crippen LogP contribution in [0.2, 0.25) is 0 Å². The van der Waals surface area contributed by atoms with Crippen LogP contribution >= 0.6 is 11.3 Å². The largest absolute Gasteiger partial charge is 0.443 e. The molecular formula is C12H20N2O2S. The second kappa shape index (κ2) is 6.00. The molecule has 1 aromatic heterocycles. The van der Waals surface area contributed by atoms with Crippen molar-refractivity contribution in [2.45, 2.75) is 46.1 Å². The van der Waals surface area contributed by atoms with Crippen molar-refractivity contribution < 1.29 is 9.53 Å². The predicted octanol–water partition coefficient (Wildman–Crippen LogP) is 3.68. The molecule has 0 aliphatic carbocycles. The molecule has 0 saturated carbocycles. The summed E-state index contributed by atoms with van der Waals surface area (Å²) >= 11 is 1.45. The maximum atomic E-state index is 12.0. The fourth-order valence-electron chi connectivity index (χ4n) is 1.25. The van der Waals surface area contributed by atoms with E-state index in [1.807, 2.05) is 26.2 Å². The van der Waals surface area contributed by atoms with E-state index in [-0.39, 0.29) is 6.09 Å². The number of hydrogen-bond acceptors (Lipinski definition) is 4. The van der Waals surface area contributed by atoms with Crippen LogP contribution in [0.1, 0.15) is 40.5 Å². The van der Waals surface area contributed by atoms with Crippen LogP contribution < -0.4 is 4.90 Å². The lowest BCUT2D eigenvalue weighted by Gasteiger charge is -2.25. The minimum absolute atomic E-state index is 0.319. The normalized spacial score (nSPS) is 11.3. The Morgan fingerprint density at radius 2 is 2.24 bits per heavy atom. The van der Waals surface area contributed by atoms with E-state index in [9.17, 15) is 4.79 Å². The van der Waals surface area contributed by atoms with Gasteiger partial charge in [0.25, 0.3) is 0 Å². The van der Waals surface area contributed by atoms with Gasteiger partial charge in [0.05, 0.1) is 0 Å². The highest BCUT2D eigenvalue weighted by Crippen LogP contribution is 2.21. The number of rotatable bonds is 4. The lowest BCUT2D eigenvalue weighted by molar-refractivity contribution is 0.0580. The van der Waals surface area contributed by atoms with Crippen LogP contribution in [0.3, 0.4) is 0 Å². The zero-order valence-corrected chi connectivity index (χ0v) is 11.7. The van der Waals surface area contributed by atoms with Crippen LogP contribution in [0.25, 0.3) is 0 Å². The van der Waals surface area contributed by atoms with Crippen molar-refractivity contribution >= 4 is 22.6 Å². The van der Waals surface area contributed by atoms with Gasteiger partial charge in [-0.15, -0.1) is 11.3 Å². The van der Waals surface area contributed by atoms with Gasteiger partial charge in [0.1, 0.15) is 5.60 Å². The monoisotopic (exact) mass is 256 g/mol. The number of carbonyl (C=O) groups is 1. The third-order valence-electron chi connectivity index (χ3n) is 2.00. The molecule has 0 radical (unpaired) electrons. The molecule has 4 nitrogen and oxygen atoms in total. The Labute approximate surface area is 107 Å². The van der Waals surface area contributed by atoms with Crippen LogP contribution in [0.5, 0.6) is 0 Å². The molecule has 17 heavy (non-hydrogen) atoms. The Bertz CT molecular complexity index is 344. The van der Waals surface area contributed by atoms with Crippen molar-refractivity contribution in [3.05, 3.63) is 11.6 Å². The Hall–Kier alpha value is -1.10. The summed E-state index contributed by atoms with van der Waals surface area (Å²) in [6, 6.07) is 0. The molecule has 1 rings (SSSR count). The van der Waals surface area contributed by atoms with E-state index < -0.39 is 5.60 Å². The summed E-state index contributed by atoms with van der Waals surface area (Å²) in [5.74, 6) is 0. The van der Waals surface area contributed by atoms with Crippen molar-refractivity contribution in [2.24, 2.45) is 0 Å². The molecule has 0 aliphatic heterocycles. The first-order chi connectivity index (χ1) is 7.94. The topological polar surface area (TPSA) is 42.4 Å². The summed E-state index contributed by atoms with van der Waals surface area (Å²) in [5, 5.41) is 2.56. The second-order valence-electron chi connectivity index (χ2n) is 4.80. The SMILES string of the molecule is CCCCN(C(=O)OC(C)(C)C)c1nccs1. The van der Waals surface area contributed by atoms with Crippen LogP contribution in [0, 0.1) is 0 Å². The standard InChI is InChI=1S/C12H20N2O2S/c1-5-6-8-14(10-13-7-9-17-10)11(15)16-12(2,3)4/h7,9H,5-6,8H2,1-4H3. The van der Waals surface area contributed by atoms with E-state index in [0.717, 1.165) is 12.8 Å². The Kier molecular flexibility index (Phi) is 4.93. The van der Waals surface area contributed by atoms with Gasteiger partial charge in [0, 0.05) is 18.1 Å². The molecule has 1 aromatic rings. The summed E-state index contributed by atoms with van der Waals surface area (Å²) < 4.78 is 5.37. The van der Waals surface area contributed by atoms with Crippen molar-refractivity contribution in [1.29, 1.82) is 0 Å². The first-order valence-electron chi connectivity index (χ1n) is 5.84. The van der Waals surface area contributed by atoms with E-state index in [4.69, 9.17) is 4.74 Å². The summed E-state index contributed by atoms with van der Waals surface area (Å²) in [6.07, 6.45) is 3.35. The van der Waals surface area contributed by atoms with Crippen LogP contribution in [-0.2, 0) is 4.74 Å². The lowest BCUT2D eigenvalue weighted by Crippen LogP contribution is -2.37. The molecule has 0 atom stereocenters. The van der Waals surface area contributed by atoms with Gasteiger partial charge in [-0.1, -0.05) is 13.3 Å². The summed E-state index contributed by atoms with van der Waals surface area (Å²) in [7, 11) is 0. The number of anilines is 1. The van der Waals surface area contributed by atoms with Gasteiger partial charge in [0.15, 0.2) is 5.13 Å². The molecule has 0 bridgehead atoms. The molecule has 1 heterocycles. The van der Waals surface area contributed by atoms with Gasteiger partial charge in [0.2, 0.25) is 0 Å². The zero-order chi connectivity index (χ0) is 12.9. The Morgan fingerprint density at radius 3 is 2.71 bits per heavy atom. The average molecular weight is 256 g/mol. The number of ether oxygens (including phenoxy) is 1. The van der Waals surface area contributed by atoms with E-state index in [1.165, 1.54) is 11.3 Å². The third-order valence-corrected chi connectivity index (χ3v) is 2.79. The van der Waals surface area contributed by atoms with E-state index in [2.05, 4.69) is 11.9 Å². The molecule has 0 unspecified atom stereocenters. The summed E-state index contributed by atoms with van der Waals surface area (Å²) in [5.41, 5.74) is -0.473. The quantitative estimate of drug-likeness (QED) is 0.825. The highest BCUT2D eigenvalue weighted by Gasteiger charge is 2.24. The van der Waals surface area contributed by atoms with Crippen molar-refractivity contribution in [3.8, 4) is 0 Å². The minimum atomic E-state index is -0.473. The zero-order valence-electron chi connectivity index (χ0n) is 10.9. The molecule has 0 saturated heterocycles. The van der Waals surface area contributed by atoms with Gasteiger partial charge in [-0.2, -0.15) is 0 Å². The fourth-order valence-corrected chi connectivity index (χ4v) is 1.91. The Balaban J connectivity index is 2.73. The number of unbranched alkanes of at least 4 members (excludes halogenated alkanes) is 1. The number of nitrogens with zero attached hydrogens (tertiary/aromatic N) is 2. The van der Waals surface area contributed by atoms with Crippen LogP contribution in [0.15, 0.2) is 11.6 Å². The molecule has 0 spiro atoms. The fraction of sp³-hybridized carbons (Fsp3) is 0.667. The lowest BCUT2D eigenvalue weighted by atomic mass is 10.2. The smallest absolute Gasteiger partial charge is 0.416 e. The molecule has 0 N–H and O–H groups in total. The molecule has 96 valence electrons. The highest BCUT2D eigenvalue weighted by molar-refractivity contribution is 7.13. The van der Waals surface area contributed by atoms with Crippen molar-refractivity contribution in [1.82, 2.24) is 4.98 Å². The summed E-state index contributed by atoms with van der Waals surface area (Å²) in [4.78, 5) is 17.8. The molecule has 0 fully saturated rings. The Morgan fingerprint density at radius 1 is 1.53 bits per heavy atom. The van der Waals surface area contributed by atoms with Gasteiger partial charge in [-0.05, 0) is 27.2 Å². The van der Waals surface area contributed by atoms with Crippen molar-refractivity contribution in [3.63, 3.8) is 0 Å². The first kappa shape index (κ1) is 14.0. The highest BCUT2D eigenvalue weighted by atomic mass is 32.1. The molecule has 0 aliphatic rings. The third kappa shape index (κ3) is 4.73. The number of carbonyl (C=O) groups excluding carboxylic acids is 1. The van der Waals surface area contributed by atoms with Gasteiger partial charge < -0.3 is 4.74 Å². The molecule has 0 aromatic carbocycles. The van der Waals surface area contributed by atoms with Crippen molar-refractivity contribution in [2.75, 3.05) is 11.4 Å². The number of thiazole rings is 1. The molecular weight excluding hydrogens is 236 g/mol. The van der Waals surface area contributed by atoms with Gasteiger partial charge in [-0.25, -0.2) is 9.78 Å².